The summed E-state index contributed by atoms with van der Waals surface area (Å²) in [4.78, 5) is 15.5. The first-order valence-electron chi connectivity index (χ1n) is 13.9. The molecule has 0 aliphatic heterocycles. The number of halogens is 1. The standard InChI is InChI=1S/C34H36ClNO6/c1-6-39-32(40-7-2)21-41-27-16-14-24(15-17-27)28-11-9-13-30(23(28)4)29-12-8-10-25(22(29)3)20-42-34-31(35)18-26(19-37)33(36-34)38-5/h8-19,32H,6-7,20-21H2,1-5H3. The minimum Gasteiger partial charge on any atom is -0.488 e. The van der Waals surface area contributed by atoms with E-state index in [2.05, 4.69) is 55.2 Å². The smallest absolute Gasteiger partial charge is 0.236 e. The summed E-state index contributed by atoms with van der Waals surface area (Å²) in [5.41, 5.74) is 8.00. The molecule has 3 aromatic carbocycles. The molecule has 220 valence electrons. The summed E-state index contributed by atoms with van der Waals surface area (Å²) >= 11 is 6.31. The van der Waals surface area contributed by atoms with Gasteiger partial charge in [0.25, 0.3) is 0 Å². The molecule has 0 spiro atoms. The van der Waals surface area contributed by atoms with Gasteiger partial charge in [0, 0.05) is 13.2 Å². The fourth-order valence-corrected chi connectivity index (χ4v) is 4.96. The molecule has 0 saturated heterocycles. The lowest BCUT2D eigenvalue weighted by Crippen LogP contribution is -2.25. The van der Waals surface area contributed by atoms with Crippen LogP contribution in [0.5, 0.6) is 17.5 Å². The SMILES string of the molecule is CCOC(COc1ccc(-c2cccc(-c3cccc(COc4nc(OC)c(C=O)cc4Cl)c3C)c2C)cc1)OCC. The Kier molecular flexibility index (Phi) is 11.0. The molecule has 0 unspecified atom stereocenters. The lowest BCUT2D eigenvalue weighted by atomic mass is 9.89. The van der Waals surface area contributed by atoms with Gasteiger partial charge in [-0.1, -0.05) is 60.1 Å². The highest BCUT2D eigenvalue weighted by Gasteiger charge is 2.15. The highest BCUT2D eigenvalue weighted by molar-refractivity contribution is 6.32. The van der Waals surface area contributed by atoms with E-state index in [0.29, 0.717) is 26.1 Å². The van der Waals surface area contributed by atoms with Gasteiger partial charge < -0.3 is 23.7 Å². The molecule has 0 amide bonds. The fraction of sp³-hybridized carbons (Fsp3) is 0.294. The Labute approximate surface area is 252 Å². The van der Waals surface area contributed by atoms with Crippen molar-refractivity contribution in [2.24, 2.45) is 0 Å². The number of aldehydes is 1. The minimum absolute atomic E-state index is 0.169. The van der Waals surface area contributed by atoms with Crippen LogP contribution in [0.2, 0.25) is 5.02 Å². The third kappa shape index (κ3) is 7.29. The molecule has 0 radical (unpaired) electrons. The summed E-state index contributed by atoms with van der Waals surface area (Å²) in [6.45, 7) is 9.80. The molecule has 0 N–H and O–H groups in total. The number of pyridine rings is 1. The van der Waals surface area contributed by atoms with Crippen LogP contribution in [-0.4, -0.2) is 44.5 Å². The number of ether oxygens (including phenoxy) is 5. The van der Waals surface area contributed by atoms with Crippen molar-refractivity contribution in [2.75, 3.05) is 26.9 Å². The third-order valence-corrected chi connectivity index (χ3v) is 7.22. The summed E-state index contributed by atoms with van der Waals surface area (Å²) in [7, 11) is 1.45. The molecule has 0 saturated carbocycles. The number of carbonyl (C=O) groups is 1. The number of hydrogen-bond donors (Lipinski definition) is 0. The molecule has 0 aliphatic rings. The normalized spacial score (nSPS) is 11.0. The summed E-state index contributed by atoms with van der Waals surface area (Å²) in [6.07, 6.45) is 0.262. The Hall–Kier alpha value is -3.91. The first kappa shape index (κ1) is 31.0. The van der Waals surface area contributed by atoms with Gasteiger partial charge in [0.1, 0.15) is 24.0 Å². The maximum atomic E-state index is 11.3. The zero-order valence-electron chi connectivity index (χ0n) is 24.6. The molecule has 7 nitrogen and oxygen atoms in total. The predicted octanol–water partition coefficient (Wildman–Crippen LogP) is 7.86. The Morgan fingerprint density at radius 2 is 1.48 bits per heavy atom. The molecule has 8 heteroatoms. The van der Waals surface area contributed by atoms with Crippen LogP contribution in [0.4, 0.5) is 0 Å². The molecule has 0 fully saturated rings. The number of carbonyl (C=O) groups excluding carboxylic acids is 1. The van der Waals surface area contributed by atoms with Crippen LogP contribution in [0.25, 0.3) is 22.3 Å². The van der Waals surface area contributed by atoms with E-state index in [1.807, 2.05) is 38.1 Å². The van der Waals surface area contributed by atoms with E-state index in [9.17, 15) is 4.79 Å². The molecular formula is C34H36ClNO6. The van der Waals surface area contributed by atoms with Crippen molar-refractivity contribution in [2.45, 2.75) is 40.6 Å². The van der Waals surface area contributed by atoms with Crippen molar-refractivity contribution in [1.29, 1.82) is 0 Å². The second kappa shape index (κ2) is 14.8. The van der Waals surface area contributed by atoms with Crippen LogP contribution < -0.4 is 14.2 Å². The first-order chi connectivity index (χ1) is 20.4. The van der Waals surface area contributed by atoms with Crippen molar-refractivity contribution in [3.63, 3.8) is 0 Å². The van der Waals surface area contributed by atoms with E-state index in [-0.39, 0.29) is 35.2 Å². The number of methoxy groups -OCH3 is 1. The van der Waals surface area contributed by atoms with Gasteiger partial charge in [-0.3, -0.25) is 4.79 Å². The van der Waals surface area contributed by atoms with Gasteiger partial charge in [0.2, 0.25) is 11.8 Å². The third-order valence-electron chi connectivity index (χ3n) is 6.95. The summed E-state index contributed by atoms with van der Waals surface area (Å²) in [5, 5.41) is 0.245. The van der Waals surface area contributed by atoms with Gasteiger partial charge in [-0.05, 0) is 84.8 Å². The van der Waals surface area contributed by atoms with E-state index in [1.165, 1.54) is 18.7 Å². The number of aromatic nitrogens is 1. The van der Waals surface area contributed by atoms with Crippen molar-refractivity contribution >= 4 is 17.9 Å². The zero-order valence-corrected chi connectivity index (χ0v) is 25.4. The fourth-order valence-electron chi connectivity index (χ4n) is 4.75. The molecule has 0 aliphatic carbocycles. The number of benzene rings is 3. The Morgan fingerprint density at radius 1 is 0.833 bits per heavy atom. The molecule has 42 heavy (non-hydrogen) atoms. The maximum absolute atomic E-state index is 11.3. The summed E-state index contributed by atoms with van der Waals surface area (Å²) in [6, 6.07) is 22.0. The molecule has 4 rings (SSSR count). The van der Waals surface area contributed by atoms with E-state index < -0.39 is 0 Å². The van der Waals surface area contributed by atoms with Crippen molar-refractivity contribution in [3.8, 4) is 39.8 Å². The minimum atomic E-state index is -0.387. The molecule has 4 aromatic rings. The van der Waals surface area contributed by atoms with Crippen LogP contribution in [0.3, 0.4) is 0 Å². The van der Waals surface area contributed by atoms with Gasteiger partial charge in [0.15, 0.2) is 12.6 Å². The largest absolute Gasteiger partial charge is 0.488 e. The molecule has 0 atom stereocenters. The highest BCUT2D eigenvalue weighted by Crippen LogP contribution is 2.35. The van der Waals surface area contributed by atoms with Crippen molar-refractivity contribution in [1.82, 2.24) is 4.98 Å². The quantitative estimate of drug-likeness (QED) is 0.109. The molecular weight excluding hydrogens is 554 g/mol. The average Bonchev–Trinajstić information content (AvgIpc) is 3.00. The topological polar surface area (TPSA) is 76.1 Å². The van der Waals surface area contributed by atoms with Gasteiger partial charge in [-0.15, -0.1) is 0 Å². The van der Waals surface area contributed by atoms with Crippen molar-refractivity contribution < 1.29 is 28.5 Å². The average molecular weight is 590 g/mol. The van der Waals surface area contributed by atoms with Crippen LogP contribution in [-0.2, 0) is 16.1 Å². The number of rotatable bonds is 14. The van der Waals surface area contributed by atoms with Crippen LogP contribution in [0, 0.1) is 13.8 Å². The van der Waals surface area contributed by atoms with E-state index >= 15 is 0 Å². The molecule has 0 bridgehead atoms. The monoisotopic (exact) mass is 589 g/mol. The maximum Gasteiger partial charge on any atom is 0.236 e. The van der Waals surface area contributed by atoms with Gasteiger partial charge in [-0.25, -0.2) is 0 Å². The molecule has 1 heterocycles. The number of nitrogens with zero attached hydrogens (tertiary/aromatic N) is 1. The van der Waals surface area contributed by atoms with Crippen LogP contribution in [0.1, 0.15) is 40.9 Å². The summed E-state index contributed by atoms with van der Waals surface area (Å²) < 4.78 is 28.2. The van der Waals surface area contributed by atoms with E-state index in [4.69, 9.17) is 35.3 Å². The van der Waals surface area contributed by atoms with Crippen LogP contribution >= 0.6 is 11.6 Å². The van der Waals surface area contributed by atoms with Crippen LogP contribution in [0.15, 0.2) is 66.7 Å². The lowest BCUT2D eigenvalue weighted by Gasteiger charge is -2.18. The summed E-state index contributed by atoms with van der Waals surface area (Å²) in [5.74, 6) is 1.14. The second-order valence-electron chi connectivity index (χ2n) is 9.52. The zero-order chi connectivity index (χ0) is 30.1. The number of hydrogen-bond acceptors (Lipinski definition) is 7. The predicted molar refractivity (Wildman–Crippen MR) is 165 cm³/mol. The molecule has 1 aromatic heterocycles. The van der Waals surface area contributed by atoms with E-state index in [0.717, 1.165) is 39.1 Å². The first-order valence-corrected chi connectivity index (χ1v) is 14.2. The second-order valence-corrected chi connectivity index (χ2v) is 9.93. The Balaban J connectivity index is 1.53. The van der Waals surface area contributed by atoms with Gasteiger partial charge in [0.05, 0.1) is 12.7 Å². The Morgan fingerprint density at radius 3 is 2.12 bits per heavy atom. The lowest BCUT2D eigenvalue weighted by molar-refractivity contribution is -0.152. The van der Waals surface area contributed by atoms with Crippen molar-refractivity contribution in [3.05, 3.63) is 94.0 Å². The Bertz CT molecular complexity index is 1500. The van der Waals surface area contributed by atoms with E-state index in [1.54, 1.807) is 0 Å². The van der Waals surface area contributed by atoms with Gasteiger partial charge >= 0.3 is 0 Å². The highest BCUT2D eigenvalue weighted by atomic mass is 35.5. The van der Waals surface area contributed by atoms with Gasteiger partial charge in [-0.2, -0.15) is 4.98 Å².